The predicted octanol–water partition coefficient (Wildman–Crippen LogP) is 1.84. The predicted molar refractivity (Wildman–Crippen MR) is 85.2 cm³/mol. The van der Waals surface area contributed by atoms with Gasteiger partial charge in [0.05, 0.1) is 6.04 Å². The number of rotatable bonds is 3. The van der Waals surface area contributed by atoms with Gasteiger partial charge in [0.1, 0.15) is 11.3 Å². The highest BCUT2D eigenvalue weighted by Gasteiger charge is 2.32. The monoisotopic (exact) mass is 308 g/mol. The van der Waals surface area contributed by atoms with E-state index in [-0.39, 0.29) is 12.1 Å². The summed E-state index contributed by atoms with van der Waals surface area (Å²) in [6.45, 7) is 3.04. The largest absolute Gasteiger partial charge is 0.459 e. The highest BCUT2D eigenvalue weighted by atomic mass is 35.5. The van der Waals surface area contributed by atoms with Gasteiger partial charge in [-0.3, -0.25) is 10.7 Å². The highest BCUT2D eigenvalue weighted by Crippen LogP contribution is 2.29. The standard InChI is InChI=1S/C15H21ClN4O/c1-19-5-6-20(2)12(9-19)15(18-17)14-8-10-7-11(16)3-4-13(10)21-14/h3-4,7-8,12,15,18H,5-6,9,17H2,1-2H3. The molecule has 0 aliphatic carbocycles. The Morgan fingerprint density at radius 3 is 2.90 bits per heavy atom. The fraction of sp³-hybridized carbons (Fsp3) is 0.467. The minimum Gasteiger partial charge on any atom is -0.459 e. The third kappa shape index (κ3) is 2.93. The fourth-order valence-corrected chi connectivity index (χ4v) is 3.16. The van der Waals surface area contributed by atoms with Crippen LogP contribution in [-0.2, 0) is 0 Å². The number of likely N-dealkylation sites (N-methyl/N-ethyl adjacent to an activating group) is 2. The molecule has 2 unspecified atom stereocenters. The summed E-state index contributed by atoms with van der Waals surface area (Å²) in [6.07, 6.45) is 0. The lowest BCUT2D eigenvalue weighted by atomic mass is 10.0. The van der Waals surface area contributed by atoms with Crippen LogP contribution in [0.5, 0.6) is 0 Å². The van der Waals surface area contributed by atoms with E-state index in [0.29, 0.717) is 5.02 Å². The number of hydrogen-bond acceptors (Lipinski definition) is 5. The summed E-state index contributed by atoms with van der Waals surface area (Å²) >= 11 is 6.04. The fourth-order valence-electron chi connectivity index (χ4n) is 2.97. The van der Waals surface area contributed by atoms with Gasteiger partial charge in [-0.1, -0.05) is 11.6 Å². The molecule has 3 N–H and O–H groups in total. The van der Waals surface area contributed by atoms with E-state index in [1.165, 1.54) is 0 Å². The van der Waals surface area contributed by atoms with Crippen LogP contribution in [-0.4, -0.2) is 49.6 Å². The molecule has 6 heteroatoms. The van der Waals surface area contributed by atoms with Gasteiger partial charge >= 0.3 is 0 Å². The molecular formula is C15H21ClN4O. The Balaban J connectivity index is 1.93. The van der Waals surface area contributed by atoms with Gasteiger partial charge in [-0.15, -0.1) is 0 Å². The first-order chi connectivity index (χ1) is 10.1. The van der Waals surface area contributed by atoms with Crippen LogP contribution in [0.2, 0.25) is 5.02 Å². The normalized spacial score (nSPS) is 22.8. The number of piperazine rings is 1. The van der Waals surface area contributed by atoms with Gasteiger partial charge in [-0.05, 0) is 38.4 Å². The molecule has 1 saturated heterocycles. The second-order valence-electron chi connectivity index (χ2n) is 5.79. The van der Waals surface area contributed by atoms with E-state index < -0.39 is 0 Å². The summed E-state index contributed by atoms with van der Waals surface area (Å²) in [7, 11) is 4.26. The van der Waals surface area contributed by atoms with Gasteiger partial charge in [-0.2, -0.15) is 0 Å². The Morgan fingerprint density at radius 2 is 2.14 bits per heavy atom. The van der Waals surface area contributed by atoms with Gasteiger partial charge < -0.3 is 9.32 Å². The molecule has 0 amide bonds. The van der Waals surface area contributed by atoms with Crippen LogP contribution in [0.4, 0.5) is 0 Å². The SMILES string of the molecule is CN1CCN(C)C(C(NN)c2cc3cc(Cl)ccc3o2)C1. The van der Waals surface area contributed by atoms with Crippen molar-refractivity contribution >= 4 is 22.6 Å². The molecule has 2 heterocycles. The Morgan fingerprint density at radius 1 is 1.33 bits per heavy atom. The molecule has 5 nitrogen and oxygen atoms in total. The maximum atomic E-state index is 6.04. The van der Waals surface area contributed by atoms with Crippen molar-refractivity contribution < 1.29 is 4.42 Å². The first-order valence-electron chi connectivity index (χ1n) is 7.12. The molecule has 21 heavy (non-hydrogen) atoms. The molecule has 0 radical (unpaired) electrons. The van der Waals surface area contributed by atoms with Crippen molar-refractivity contribution in [3.8, 4) is 0 Å². The number of nitrogens with zero attached hydrogens (tertiary/aromatic N) is 2. The molecule has 2 atom stereocenters. The summed E-state index contributed by atoms with van der Waals surface area (Å²) in [6, 6.07) is 7.88. The Labute approximate surface area is 129 Å². The van der Waals surface area contributed by atoms with Crippen molar-refractivity contribution in [2.24, 2.45) is 5.84 Å². The first-order valence-corrected chi connectivity index (χ1v) is 7.50. The number of nitrogens with one attached hydrogen (secondary N) is 1. The van der Waals surface area contributed by atoms with E-state index in [1.54, 1.807) is 0 Å². The summed E-state index contributed by atoms with van der Waals surface area (Å²) < 4.78 is 5.97. The van der Waals surface area contributed by atoms with E-state index in [1.807, 2.05) is 24.3 Å². The number of furan rings is 1. The van der Waals surface area contributed by atoms with E-state index in [9.17, 15) is 0 Å². The van der Waals surface area contributed by atoms with Crippen molar-refractivity contribution in [1.29, 1.82) is 0 Å². The topological polar surface area (TPSA) is 57.7 Å². The van der Waals surface area contributed by atoms with Crippen molar-refractivity contribution in [3.63, 3.8) is 0 Å². The Bertz CT molecular complexity index is 629. The van der Waals surface area contributed by atoms with E-state index in [0.717, 1.165) is 36.4 Å². The summed E-state index contributed by atoms with van der Waals surface area (Å²) in [5.41, 5.74) is 3.75. The summed E-state index contributed by atoms with van der Waals surface area (Å²) in [5, 5.41) is 1.71. The van der Waals surface area contributed by atoms with Crippen molar-refractivity contribution in [2.45, 2.75) is 12.1 Å². The van der Waals surface area contributed by atoms with Crippen LogP contribution in [0.25, 0.3) is 11.0 Å². The van der Waals surface area contributed by atoms with Crippen LogP contribution in [0, 0.1) is 0 Å². The number of hydrogen-bond donors (Lipinski definition) is 2. The number of nitrogens with two attached hydrogens (primary N) is 1. The van der Waals surface area contributed by atoms with E-state index in [4.69, 9.17) is 21.9 Å². The lowest BCUT2D eigenvalue weighted by Gasteiger charge is -2.40. The third-order valence-corrected chi connectivity index (χ3v) is 4.50. The Kier molecular flexibility index (Phi) is 4.19. The smallest absolute Gasteiger partial charge is 0.134 e. The molecular weight excluding hydrogens is 288 g/mol. The molecule has 0 bridgehead atoms. The van der Waals surface area contributed by atoms with E-state index >= 15 is 0 Å². The molecule has 1 aromatic carbocycles. The number of halogens is 1. The lowest BCUT2D eigenvalue weighted by Crippen LogP contribution is -2.55. The second-order valence-corrected chi connectivity index (χ2v) is 6.22. The summed E-state index contributed by atoms with van der Waals surface area (Å²) in [4.78, 5) is 4.64. The molecule has 2 aromatic rings. The molecule has 0 spiro atoms. The molecule has 1 aliphatic rings. The maximum absolute atomic E-state index is 6.04. The van der Waals surface area contributed by atoms with E-state index in [2.05, 4.69) is 29.3 Å². The average molecular weight is 309 g/mol. The van der Waals surface area contributed by atoms with Gasteiger partial charge in [0.25, 0.3) is 0 Å². The van der Waals surface area contributed by atoms with Gasteiger partial charge in [0, 0.05) is 36.1 Å². The van der Waals surface area contributed by atoms with Crippen molar-refractivity contribution in [3.05, 3.63) is 35.0 Å². The zero-order valence-electron chi connectivity index (χ0n) is 12.3. The van der Waals surface area contributed by atoms with Crippen LogP contribution < -0.4 is 11.3 Å². The van der Waals surface area contributed by atoms with Crippen molar-refractivity contribution in [1.82, 2.24) is 15.2 Å². The molecule has 3 rings (SSSR count). The minimum atomic E-state index is -0.0519. The molecule has 1 aromatic heterocycles. The zero-order chi connectivity index (χ0) is 15.0. The lowest BCUT2D eigenvalue weighted by molar-refractivity contribution is 0.0820. The van der Waals surface area contributed by atoms with Crippen LogP contribution in [0.3, 0.4) is 0 Å². The third-order valence-electron chi connectivity index (χ3n) is 4.27. The number of hydrazine groups is 1. The van der Waals surface area contributed by atoms with Crippen molar-refractivity contribution in [2.75, 3.05) is 33.7 Å². The van der Waals surface area contributed by atoms with Gasteiger partial charge in [0.2, 0.25) is 0 Å². The first kappa shape index (κ1) is 14.8. The number of fused-ring (bicyclic) bond motifs is 1. The molecule has 114 valence electrons. The number of benzene rings is 1. The van der Waals surface area contributed by atoms with Crippen LogP contribution in [0.1, 0.15) is 11.8 Å². The highest BCUT2D eigenvalue weighted by molar-refractivity contribution is 6.31. The minimum absolute atomic E-state index is 0.0519. The van der Waals surface area contributed by atoms with Crippen LogP contribution >= 0.6 is 11.6 Å². The quantitative estimate of drug-likeness (QED) is 0.669. The zero-order valence-corrected chi connectivity index (χ0v) is 13.1. The molecule has 1 fully saturated rings. The maximum Gasteiger partial charge on any atom is 0.134 e. The van der Waals surface area contributed by atoms with Crippen LogP contribution in [0.15, 0.2) is 28.7 Å². The van der Waals surface area contributed by atoms with Gasteiger partial charge in [-0.25, -0.2) is 5.43 Å². The average Bonchev–Trinajstić information content (AvgIpc) is 2.86. The van der Waals surface area contributed by atoms with Gasteiger partial charge in [0.15, 0.2) is 0 Å². The Hall–Kier alpha value is -1.11. The second kappa shape index (κ2) is 5.94. The molecule has 0 saturated carbocycles. The molecule has 1 aliphatic heterocycles. The summed E-state index contributed by atoms with van der Waals surface area (Å²) in [5.74, 6) is 6.66.